The van der Waals surface area contributed by atoms with Gasteiger partial charge in [-0.2, -0.15) is 5.10 Å². The summed E-state index contributed by atoms with van der Waals surface area (Å²) in [6, 6.07) is 4.24. The number of hydrogen-bond donors (Lipinski definition) is 1. The Bertz CT molecular complexity index is 1230. The predicted octanol–water partition coefficient (Wildman–Crippen LogP) is 3.49. The molecule has 1 aliphatic heterocycles. The average molecular weight is 466 g/mol. The van der Waals surface area contributed by atoms with Crippen LogP contribution in [0.2, 0.25) is 0 Å². The Labute approximate surface area is 199 Å². The van der Waals surface area contributed by atoms with Crippen LogP contribution in [0.5, 0.6) is 0 Å². The highest BCUT2D eigenvalue weighted by molar-refractivity contribution is 6.07. The minimum atomic E-state index is -0.120. The fourth-order valence-electron chi connectivity index (χ4n) is 5.53. The maximum absolute atomic E-state index is 13.5. The number of aromatic amines is 1. The molecule has 2 aliphatic rings. The van der Waals surface area contributed by atoms with E-state index >= 15 is 0 Å². The number of rotatable bonds is 7. The molecular weight excluding hydrogens is 430 g/mol. The third-order valence-corrected chi connectivity index (χ3v) is 7.44. The molecule has 1 amide bonds. The van der Waals surface area contributed by atoms with Crippen molar-refractivity contribution in [2.75, 3.05) is 45.9 Å². The molecule has 0 spiro atoms. The number of amides is 1. The second-order valence-corrected chi connectivity index (χ2v) is 9.64. The quantitative estimate of drug-likeness (QED) is 0.540. The van der Waals surface area contributed by atoms with Gasteiger partial charge in [-0.3, -0.25) is 19.2 Å². The van der Waals surface area contributed by atoms with Crippen LogP contribution < -0.4 is 5.56 Å². The second kappa shape index (κ2) is 9.88. The lowest BCUT2D eigenvalue weighted by molar-refractivity contribution is 0.0615. The highest BCUT2D eigenvalue weighted by Gasteiger charge is 2.25. The van der Waals surface area contributed by atoms with Gasteiger partial charge >= 0.3 is 0 Å². The molecule has 1 saturated carbocycles. The molecule has 0 radical (unpaired) electrons. The summed E-state index contributed by atoms with van der Waals surface area (Å²) in [6.07, 6.45) is 7.24. The molecule has 8 nitrogen and oxygen atoms in total. The van der Waals surface area contributed by atoms with E-state index in [4.69, 9.17) is 4.74 Å². The summed E-state index contributed by atoms with van der Waals surface area (Å²) in [4.78, 5) is 33.7. The summed E-state index contributed by atoms with van der Waals surface area (Å²) in [5.74, 6) is 0.0691. The van der Waals surface area contributed by atoms with Crippen LogP contribution >= 0.6 is 0 Å². The van der Waals surface area contributed by atoms with Crippen molar-refractivity contribution in [3.8, 4) is 0 Å². The minimum absolute atomic E-state index is 0.0691. The lowest BCUT2D eigenvalue weighted by Gasteiger charge is -2.35. The fourth-order valence-corrected chi connectivity index (χ4v) is 5.53. The number of hydrogen-bond acceptors (Lipinski definition) is 5. The standard InChI is InChI=1S/C26H35N5O3/c1-3-34-14-6-9-29-10-12-30(13-11-29)26(33)20-16-21-23(15-18(20)2)28-25(32)22-17-27-31(24(21)22)19-7-4-5-8-19/h15-17,19H,3-14H2,1-2H3,(H,28,32). The number of ether oxygens (including phenoxy) is 1. The summed E-state index contributed by atoms with van der Waals surface area (Å²) in [6.45, 7) is 9.76. The van der Waals surface area contributed by atoms with Gasteiger partial charge in [0.1, 0.15) is 0 Å². The van der Waals surface area contributed by atoms with Crippen LogP contribution in [-0.4, -0.2) is 76.4 Å². The second-order valence-electron chi connectivity index (χ2n) is 9.64. The van der Waals surface area contributed by atoms with Gasteiger partial charge in [-0.15, -0.1) is 0 Å². The van der Waals surface area contributed by atoms with E-state index in [-0.39, 0.29) is 11.5 Å². The Morgan fingerprint density at radius 1 is 1.15 bits per heavy atom. The van der Waals surface area contributed by atoms with Gasteiger partial charge in [0, 0.05) is 56.9 Å². The molecule has 1 aromatic carbocycles. The molecule has 5 rings (SSSR count). The molecule has 1 saturated heterocycles. The van der Waals surface area contributed by atoms with Gasteiger partial charge in [-0.25, -0.2) is 0 Å². The first-order valence-corrected chi connectivity index (χ1v) is 12.7. The third kappa shape index (κ3) is 4.36. The Morgan fingerprint density at radius 3 is 2.65 bits per heavy atom. The van der Waals surface area contributed by atoms with E-state index in [2.05, 4.69) is 15.0 Å². The van der Waals surface area contributed by atoms with Crippen LogP contribution in [-0.2, 0) is 4.74 Å². The number of aryl methyl sites for hydroxylation is 1. The highest BCUT2D eigenvalue weighted by atomic mass is 16.5. The van der Waals surface area contributed by atoms with E-state index in [9.17, 15) is 9.59 Å². The van der Waals surface area contributed by atoms with Gasteiger partial charge in [0.25, 0.3) is 11.5 Å². The van der Waals surface area contributed by atoms with Crippen LogP contribution in [0, 0.1) is 6.92 Å². The van der Waals surface area contributed by atoms with E-state index in [1.807, 2.05) is 35.6 Å². The van der Waals surface area contributed by atoms with E-state index in [0.29, 0.717) is 17.0 Å². The number of carbonyl (C=O) groups excluding carboxylic acids is 1. The molecule has 34 heavy (non-hydrogen) atoms. The molecule has 8 heteroatoms. The first-order chi connectivity index (χ1) is 16.6. The first-order valence-electron chi connectivity index (χ1n) is 12.7. The molecule has 1 N–H and O–H groups in total. The smallest absolute Gasteiger partial charge is 0.259 e. The van der Waals surface area contributed by atoms with Crippen LogP contribution in [0.4, 0.5) is 0 Å². The molecule has 0 bridgehead atoms. The molecule has 0 atom stereocenters. The Morgan fingerprint density at radius 2 is 1.91 bits per heavy atom. The number of pyridine rings is 1. The van der Waals surface area contributed by atoms with Crippen molar-refractivity contribution in [2.45, 2.75) is 52.0 Å². The van der Waals surface area contributed by atoms with Crippen molar-refractivity contribution < 1.29 is 9.53 Å². The van der Waals surface area contributed by atoms with E-state index < -0.39 is 0 Å². The SMILES string of the molecule is CCOCCCN1CCN(C(=O)c2cc3c(cc2C)[nH]c(=O)c2cnn(C4CCCC4)c23)CC1. The Balaban J connectivity index is 1.41. The zero-order valence-corrected chi connectivity index (χ0v) is 20.3. The van der Waals surface area contributed by atoms with E-state index in [1.165, 1.54) is 12.8 Å². The Kier molecular flexibility index (Phi) is 6.70. The maximum atomic E-state index is 13.5. The van der Waals surface area contributed by atoms with Crippen molar-refractivity contribution in [1.29, 1.82) is 0 Å². The van der Waals surface area contributed by atoms with E-state index in [1.54, 1.807) is 6.20 Å². The van der Waals surface area contributed by atoms with Gasteiger partial charge < -0.3 is 14.6 Å². The van der Waals surface area contributed by atoms with E-state index in [0.717, 1.165) is 87.2 Å². The average Bonchev–Trinajstić information content (AvgIpc) is 3.52. The number of aromatic nitrogens is 3. The molecule has 0 unspecified atom stereocenters. The van der Waals surface area contributed by atoms with Crippen molar-refractivity contribution >= 4 is 27.7 Å². The molecule has 2 aromatic heterocycles. The van der Waals surface area contributed by atoms with Crippen molar-refractivity contribution in [1.82, 2.24) is 24.6 Å². The highest BCUT2D eigenvalue weighted by Crippen LogP contribution is 2.34. The number of piperazine rings is 1. The lowest BCUT2D eigenvalue weighted by Crippen LogP contribution is -2.49. The summed E-state index contributed by atoms with van der Waals surface area (Å²) in [5.41, 5.74) is 3.11. The van der Waals surface area contributed by atoms with Crippen LogP contribution in [0.25, 0.3) is 21.8 Å². The maximum Gasteiger partial charge on any atom is 0.259 e. The van der Waals surface area contributed by atoms with Gasteiger partial charge in [0.15, 0.2) is 0 Å². The molecule has 1 aliphatic carbocycles. The molecule has 3 aromatic rings. The topological polar surface area (TPSA) is 83.5 Å². The number of benzene rings is 1. The van der Waals surface area contributed by atoms with Crippen molar-refractivity contribution in [2.24, 2.45) is 0 Å². The minimum Gasteiger partial charge on any atom is -0.382 e. The molecule has 182 valence electrons. The molecule has 3 heterocycles. The monoisotopic (exact) mass is 465 g/mol. The first kappa shape index (κ1) is 23.1. The zero-order valence-electron chi connectivity index (χ0n) is 20.3. The number of nitrogens with zero attached hydrogens (tertiary/aromatic N) is 4. The number of fused-ring (bicyclic) bond motifs is 3. The molecular formula is C26H35N5O3. The van der Waals surface area contributed by atoms with Gasteiger partial charge in [-0.05, 0) is 50.8 Å². The van der Waals surface area contributed by atoms with Gasteiger partial charge in [0.05, 0.1) is 28.7 Å². The fraction of sp³-hybridized carbons (Fsp3) is 0.577. The number of nitrogens with one attached hydrogen (secondary N) is 1. The summed E-state index contributed by atoms with van der Waals surface area (Å²) >= 11 is 0. The van der Waals surface area contributed by atoms with Crippen molar-refractivity contribution in [3.05, 3.63) is 39.8 Å². The van der Waals surface area contributed by atoms with Crippen LogP contribution in [0.3, 0.4) is 0 Å². The summed E-state index contributed by atoms with van der Waals surface area (Å²) < 4.78 is 7.48. The summed E-state index contributed by atoms with van der Waals surface area (Å²) in [7, 11) is 0. The van der Waals surface area contributed by atoms with Crippen LogP contribution in [0.15, 0.2) is 23.1 Å². The van der Waals surface area contributed by atoms with Gasteiger partial charge in [0.2, 0.25) is 0 Å². The van der Waals surface area contributed by atoms with Gasteiger partial charge in [-0.1, -0.05) is 12.8 Å². The summed E-state index contributed by atoms with van der Waals surface area (Å²) in [5, 5.41) is 6.11. The van der Waals surface area contributed by atoms with Crippen LogP contribution in [0.1, 0.15) is 61.0 Å². The van der Waals surface area contributed by atoms with Crippen molar-refractivity contribution in [3.63, 3.8) is 0 Å². The number of carbonyl (C=O) groups is 1. The largest absolute Gasteiger partial charge is 0.382 e. The molecule has 2 fully saturated rings. The lowest BCUT2D eigenvalue weighted by atomic mass is 10.0. The predicted molar refractivity (Wildman–Crippen MR) is 134 cm³/mol. The zero-order chi connectivity index (χ0) is 23.7. The third-order valence-electron chi connectivity index (χ3n) is 7.44. The number of H-pyrrole nitrogens is 1. The Hall–Kier alpha value is -2.71. The normalized spacial score (nSPS) is 17.9.